The number of nitrogens with zero attached hydrogens (tertiary/aromatic N) is 2. The number of halogens is 2. The van der Waals surface area contributed by atoms with E-state index in [2.05, 4.69) is 4.98 Å². The Kier molecular flexibility index (Phi) is 5.54. The third kappa shape index (κ3) is 3.68. The van der Waals surface area contributed by atoms with Gasteiger partial charge in [-0.05, 0) is 48.4 Å². The van der Waals surface area contributed by atoms with Gasteiger partial charge < -0.3 is 0 Å². The SMILES string of the molecule is CCc1nc2scc(-c3ccc(Cl)cc3)c2c(=O)n1CC(=O)c1ccc(F)c(C)c1. The normalized spacial score (nSPS) is 11.2. The highest BCUT2D eigenvalue weighted by Crippen LogP contribution is 2.31. The van der Waals surface area contributed by atoms with Crippen LogP contribution in [0.1, 0.15) is 28.7 Å². The zero-order valence-electron chi connectivity index (χ0n) is 16.4. The Labute approximate surface area is 181 Å². The summed E-state index contributed by atoms with van der Waals surface area (Å²) in [4.78, 5) is 31.5. The zero-order chi connectivity index (χ0) is 21.4. The van der Waals surface area contributed by atoms with Gasteiger partial charge in [0.1, 0.15) is 16.5 Å². The van der Waals surface area contributed by atoms with E-state index >= 15 is 0 Å². The third-order valence-electron chi connectivity index (χ3n) is 5.03. The number of hydrogen-bond acceptors (Lipinski definition) is 4. The van der Waals surface area contributed by atoms with E-state index in [4.69, 9.17) is 11.6 Å². The van der Waals surface area contributed by atoms with Gasteiger partial charge in [-0.3, -0.25) is 14.2 Å². The van der Waals surface area contributed by atoms with Crippen molar-refractivity contribution >= 4 is 38.9 Å². The first kappa shape index (κ1) is 20.4. The Morgan fingerprint density at radius 3 is 2.60 bits per heavy atom. The Hall–Kier alpha value is -2.83. The van der Waals surface area contributed by atoms with Crippen molar-refractivity contribution in [2.24, 2.45) is 0 Å². The molecule has 0 N–H and O–H groups in total. The molecule has 2 aromatic carbocycles. The van der Waals surface area contributed by atoms with Crippen LogP contribution in [0.3, 0.4) is 0 Å². The van der Waals surface area contributed by atoms with Crippen LogP contribution in [0.5, 0.6) is 0 Å². The van der Waals surface area contributed by atoms with Gasteiger partial charge in [0.05, 0.1) is 11.9 Å². The molecular weight excluding hydrogens is 423 g/mol. The fourth-order valence-electron chi connectivity index (χ4n) is 3.39. The van der Waals surface area contributed by atoms with Crippen LogP contribution >= 0.6 is 22.9 Å². The van der Waals surface area contributed by atoms with E-state index in [0.29, 0.717) is 38.6 Å². The number of carbonyl (C=O) groups excluding carboxylic acids is 1. The van der Waals surface area contributed by atoms with Crippen molar-refractivity contribution in [2.45, 2.75) is 26.8 Å². The van der Waals surface area contributed by atoms with Gasteiger partial charge in [0.15, 0.2) is 5.78 Å². The molecule has 0 amide bonds. The summed E-state index contributed by atoms with van der Waals surface area (Å²) in [6.45, 7) is 3.35. The van der Waals surface area contributed by atoms with Crippen LogP contribution in [0.15, 0.2) is 52.6 Å². The van der Waals surface area contributed by atoms with Crippen molar-refractivity contribution in [3.8, 4) is 11.1 Å². The minimum atomic E-state index is -0.369. The maximum Gasteiger partial charge on any atom is 0.263 e. The lowest BCUT2D eigenvalue weighted by atomic mass is 10.1. The molecule has 0 fully saturated rings. The van der Waals surface area contributed by atoms with Gasteiger partial charge >= 0.3 is 0 Å². The summed E-state index contributed by atoms with van der Waals surface area (Å²) in [6.07, 6.45) is 0.509. The monoisotopic (exact) mass is 440 g/mol. The first-order chi connectivity index (χ1) is 14.4. The molecule has 0 radical (unpaired) electrons. The Morgan fingerprint density at radius 2 is 1.93 bits per heavy atom. The van der Waals surface area contributed by atoms with Crippen molar-refractivity contribution in [3.63, 3.8) is 0 Å². The molecule has 2 heterocycles. The van der Waals surface area contributed by atoms with Gasteiger partial charge in [0.2, 0.25) is 0 Å². The average molecular weight is 441 g/mol. The number of carbonyl (C=O) groups is 1. The van der Waals surface area contributed by atoms with E-state index in [-0.39, 0.29) is 23.7 Å². The number of fused-ring (bicyclic) bond motifs is 1. The van der Waals surface area contributed by atoms with Crippen molar-refractivity contribution in [2.75, 3.05) is 0 Å². The second kappa shape index (κ2) is 8.13. The largest absolute Gasteiger partial charge is 0.292 e. The molecular formula is C23H18ClFN2O2S. The molecule has 0 bridgehead atoms. The molecule has 4 nitrogen and oxygen atoms in total. The maximum atomic E-state index is 13.6. The molecule has 4 rings (SSSR count). The number of benzene rings is 2. The molecule has 4 aromatic rings. The van der Waals surface area contributed by atoms with Crippen molar-refractivity contribution in [1.29, 1.82) is 0 Å². The standard InChI is InChI=1S/C23H18ClFN2O2S/c1-3-20-26-22-21(17(12-30-22)14-4-7-16(24)8-5-14)23(29)27(20)11-19(28)15-6-9-18(25)13(2)10-15/h4-10,12H,3,11H2,1-2H3. The summed E-state index contributed by atoms with van der Waals surface area (Å²) < 4.78 is 15.0. The van der Waals surface area contributed by atoms with Gasteiger partial charge in [-0.25, -0.2) is 9.37 Å². The van der Waals surface area contributed by atoms with E-state index in [0.717, 1.165) is 11.1 Å². The fourth-order valence-corrected chi connectivity index (χ4v) is 4.48. The number of ketones is 1. The van der Waals surface area contributed by atoms with Crippen molar-refractivity contribution < 1.29 is 9.18 Å². The van der Waals surface area contributed by atoms with Gasteiger partial charge in [0, 0.05) is 28.0 Å². The number of thiophene rings is 1. The highest BCUT2D eigenvalue weighted by molar-refractivity contribution is 7.17. The summed E-state index contributed by atoms with van der Waals surface area (Å²) >= 11 is 7.39. The Bertz CT molecular complexity index is 1330. The van der Waals surface area contributed by atoms with Crippen LogP contribution in [0.2, 0.25) is 5.02 Å². The quantitative estimate of drug-likeness (QED) is 0.375. The molecule has 7 heteroatoms. The number of aromatic nitrogens is 2. The lowest BCUT2D eigenvalue weighted by Crippen LogP contribution is -2.28. The smallest absolute Gasteiger partial charge is 0.263 e. The van der Waals surface area contributed by atoms with E-state index in [1.54, 1.807) is 19.1 Å². The topological polar surface area (TPSA) is 52.0 Å². The molecule has 0 unspecified atom stereocenters. The number of hydrogen-bond donors (Lipinski definition) is 0. The number of rotatable bonds is 5. The molecule has 2 aromatic heterocycles. The van der Waals surface area contributed by atoms with Crippen LogP contribution in [0.25, 0.3) is 21.3 Å². The summed E-state index contributed by atoms with van der Waals surface area (Å²) in [7, 11) is 0. The second-order valence-electron chi connectivity index (χ2n) is 7.00. The lowest BCUT2D eigenvalue weighted by Gasteiger charge is -2.12. The van der Waals surface area contributed by atoms with E-state index < -0.39 is 0 Å². The molecule has 0 atom stereocenters. The van der Waals surface area contributed by atoms with E-state index in [1.807, 2.05) is 24.4 Å². The predicted octanol–water partition coefficient (Wildman–Crippen LogP) is 5.67. The molecule has 30 heavy (non-hydrogen) atoms. The minimum absolute atomic E-state index is 0.147. The number of Topliss-reactive ketones (excluding diaryl/α,β-unsaturated/α-hetero) is 1. The lowest BCUT2D eigenvalue weighted by molar-refractivity contribution is 0.0969. The molecule has 0 aliphatic carbocycles. The number of aryl methyl sites for hydroxylation is 2. The summed E-state index contributed by atoms with van der Waals surface area (Å²) in [5, 5.41) is 3.00. The fraction of sp³-hybridized carbons (Fsp3) is 0.174. The molecule has 152 valence electrons. The Morgan fingerprint density at radius 1 is 1.20 bits per heavy atom. The van der Waals surface area contributed by atoms with Crippen LogP contribution in [0.4, 0.5) is 4.39 Å². The summed E-state index contributed by atoms with van der Waals surface area (Å²) in [5.41, 5.74) is 2.13. The van der Waals surface area contributed by atoms with Crippen molar-refractivity contribution in [1.82, 2.24) is 9.55 Å². The van der Waals surface area contributed by atoms with Gasteiger partial charge in [0.25, 0.3) is 5.56 Å². The predicted molar refractivity (Wildman–Crippen MR) is 119 cm³/mol. The van der Waals surface area contributed by atoms with Crippen LogP contribution in [-0.4, -0.2) is 15.3 Å². The highest BCUT2D eigenvalue weighted by atomic mass is 35.5. The van der Waals surface area contributed by atoms with Crippen LogP contribution in [-0.2, 0) is 13.0 Å². The Balaban J connectivity index is 1.82. The van der Waals surface area contributed by atoms with Crippen LogP contribution in [0, 0.1) is 12.7 Å². The second-order valence-corrected chi connectivity index (χ2v) is 8.29. The molecule has 0 aliphatic rings. The minimum Gasteiger partial charge on any atom is -0.292 e. The maximum absolute atomic E-state index is 13.6. The first-order valence-electron chi connectivity index (χ1n) is 9.45. The molecule has 0 spiro atoms. The van der Waals surface area contributed by atoms with Gasteiger partial charge in [-0.1, -0.05) is 30.7 Å². The summed E-state index contributed by atoms with van der Waals surface area (Å²) in [5.74, 6) is -0.0876. The summed E-state index contributed by atoms with van der Waals surface area (Å²) in [6, 6.07) is 11.5. The highest BCUT2D eigenvalue weighted by Gasteiger charge is 2.19. The van der Waals surface area contributed by atoms with Gasteiger partial charge in [-0.15, -0.1) is 11.3 Å². The molecule has 0 saturated heterocycles. The van der Waals surface area contributed by atoms with Crippen LogP contribution < -0.4 is 5.56 Å². The molecule has 0 aliphatic heterocycles. The van der Waals surface area contributed by atoms with E-state index in [1.165, 1.54) is 34.1 Å². The van der Waals surface area contributed by atoms with E-state index in [9.17, 15) is 14.0 Å². The third-order valence-corrected chi connectivity index (χ3v) is 6.15. The average Bonchev–Trinajstić information content (AvgIpc) is 3.16. The van der Waals surface area contributed by atoms with Gasteiger partial charge in [-0.2, -0.15) is 0 Å². The zero-order valence-corrected chi connectivity index (χ0v) is 18.0. The first-order valence-corrected chi connectivity index (χ1v) is 10.7. The molecule has 0 saturated carbocycles. The van der Waals surface area contributed by atoms with Crippen molar-refractivity contribution in [3.05, 3.63) is 86.0 Å².